The topological polar surface area (TPSA) is 121 Å². The van der Waals surface area contributed by atoms with Crippen LogP contribution < -0.4 is 5.32 Å². The molecule has 1 amide bonds. The Morgan fingerprint density at radius 3 is 2.21 bits per heavy atom. The third kappa shape index (κ3) is 12.1. The highest BCUT2D eigenvalue weighted by molar-refractivity contribution is 7.85. The second-order valence-electron chi connectivity index (χ2n) is 5.39. The van der Waals surface area contributed by atoms with Gasteiger partial charge in [0.05, 0.1) is 11.3 Å². The van der Waals surface area contributed by atoms with E-state index in [1.54, 1.807) is 6.08 Å². The average Bonchev–Trinajstić information content (AvgIpc) is 2.43. The fraction of sp³-hybridized carbons (Fsp3) is 0.250. The first kappa shape index (κ1) is 21.6. The van der Waals surface area contributed by atoms with Gasteiger partial charge < -0.3 is 10.4 Å². The van der Waals surface area contributed by atoms with Gasteiger partial charge in [0.15, 0.2) is 0 Å². The monoisotopic (exact) mass is 355 g/mol. The quantitative estimate of drug-likeness (QED) is 0.528. The SMILES string of the molecule is C=CC(=O)NC(C)(C)CS(=O)(=O)O.O=C(O)C=Cc1ccccc1. The lowest BCUT2D eigenvalue weighted by Gasteiger charge is -2.23. The Morgan fingerprint density at radius 1 is 1.25 bits per heavy atom. The number of amides is 1. The molecule has 132 valence electrons. The summed E-state index contributed by atoms with van der Waals surface area (Å²) in [6, 6.07) is 9.31. The highest BCUT2D eigenvalue weighted by Crippen LogP contribution is 2.05. The zero-order valence-corrected chi connectivity index (χ0v) is 14.3. The smallest absolute Gasteiger partial charge is 0.328 e. The Bertz CT molecular complexity index is 693. The molecular weight excluding hydrogens is 334 g/mol. The van der Waals surface area contributed by atoms with E-state index in [2.05, 4.69) is 11.9 Å². The minimum absolute atomic E-state index is 0.478. The first-order valence-corrected chi connectivity index (χ1v) is 8.42. The van der Waals surface area contributed by atoms with Gasteiger partial charge in [-0.05, 0) is 31.6 Å². The normalized spacial score (nSPS) is 11.3. The summed E-state index contributed by atoms with van der Waals surface area (Å²) < 4.78 is 29.5. The summed E-state index contributed by atoms with van der Waals surface area (Å²) in [5, 5.41) is 10.7. The van der Waals surface area contributed by atoms with Gasteiger partial charge in [-0.25, -0.2) is 4.79 Å². The largest absolute Gasteiger partial charge is 0.478 e. The van der Waals surface area contributed by atoms with Crippen LogP contribution in [0, 0.1) is 0 Å². The summed E-state index contributed by atoms with van der Waals surface area (Å²) in [6.07, 6.45) is 3.71. The molecule has 0 bridgehead atoms. The van der Waals surface area contributed by atoms with E-state index in [1.165, 1.54) is 13.8 Å². The van der Waals surface area contributed by atoms with Gasteiger partial charge in [0, 0.05) is 6.08 Å². The molecule has 0 fully saturated rings. The number of nitrogens with one attached hydrogen (secondary N) is 1. The summed E-state index contributed by atoms with van der Waals surface area (Å²) in [5.41, 5.74) is -0.103. The van der Waals surface area contributed by atoms with Crippen molar-refractivity contribution in [1.29, 1.82) is 0 Å². The summed E-state index contributed by atoms with van der Waals surface area (Å²) in [5.74, 6) is -1.93. The fourth-order valence-electron chi connectivity index (χ4n) is 1.61. The van der Waals surface area contributed by atoms with E-state index >= 15 is 0 Å². The molecule has 1 aromatic carbocycles. The van der Waals surface area contributed by atoms with Crippen LogP contribution in [-0.2, 0) is 19.7 Å². The second kappa shape index (κ2) is 9.64. The van der Waals surface area contributed by atoms with E-state index in [9.17, 15) is 18.0 Å². The highest BCUT2D eigenvalue weighted by atomic mass is 32.2. The second-order valence-corrected chi connectivity index (χ2v) is 6.84. The van der Waals surface area contributed by atoms with Crippen LogP contribution >= 0.6 is 0 Å². The number of hydrogen-bond donors (Lipinski definition) is 3. The number of carboxylic acids is 1. The van der Waals surface area contributed by atoms with E-state index in [-0.39, 0.29) is 0 Å². The highest BCUT2D eigenvalue weighted by Gasteiger charge is 2.25. The summed E-state index contributed by atoms with van der Waals surface area (Å²) in [7, 11) is -4.08. The van der Waals surface area contributed by atoms with E-state index < -0.39 is 33.3 Å². The van der Waals surface area contributed by atoms with Gasteiger partial charge in [-0.3, -0.25) is 9.35 Å². The zero-order chi connectivity index (χ0) is 18.8. The Labute approximate surface area is 141 Å². The summed E-state index contributed by atoms with van der Waals surface area (Å²) >= 11 is 0. The Balaban J connectivity index is 0.000000446. The Morgan fingerprint density at radius 2 is 1.79 bits per heavy atom. The van der Waals surface area contributed by atoms with Crippen LogP contribution in [-0.4, -0.2) is 41.2 Å². The molecule has 1 rings (SSSR count). The molecule has 0 aromatic heterocycles. The molecule has 0 radical (unpaired) electrons. The molecule has 0 spiro atoms. The maximum absolute atomic E-state index is 10.8. The zero-order valence-electron chi connectivity index (χ0n) is 13.5. The van der Waals surface area contributed by atoms with Crippen LogP contribution in [0.1, 0.15) is 19.4 Å². The first-order valence-electron chi connectivity index (χ1n) is 6.81. The number of rotatable bonds is 6. The van der Waals surface area contributed by atoms with Crippen molar-refractivity contribution in [3.63, 3.8) is 0 Å². The van der Waals surface area contributed by atoms with Gasteiger partial charge in [-0.1, -0.05) is 36.9 Å². The number of aliphatic carboxylic acids is 1. The van der Waals surface area contributed by atoms with Crippen LogP contribution in [0.4, 0.5) is 0 Å². The van der Waals surface area contributed by atoms with Crippen molar-refractivity contribution in [3.05, 3.63) is 54.6 Å². The van der Waals surface area contributed by atoms with Gasteiger partial charge in [0.25, 0.3) is 10.1 Å². The molecule has 0 saturated carbocycles. The molecule has 0 aliphatic heterocycles. The van der Waals surface area contributed by atoms with E-state index in [4.69, 9.17) is 9.66 Å². The third-order valence-electron chi connectivity index (χ3n) is 2.41. The van der Waals surface area contributed by atoms with Crippen molar-refractivity contribution < 1.29 is 27.7 Å². The molecule has 24 heavy (non-hydrogen) atoms. The lowest BCUT2D eigenvalue weighted by atomic mass is 10.1. The summed E-state index contributed by atoms with van der Waals surface area (Å²) in [6.45, 7) is 6.19. The van der Waals surface area contributed by atoms with Gasteiger partial charge in [0.1, 0.15) is 0 Å². The van der Waals surface area contributed by atoms with Crippen LogP contribution in [0.5, 0.6) is 0 Å². The molecule has 0 unspecified atom stereocenters. The number of carbonyl (C=O) groups is 2. The minimum atomic E-state index is -4.08. The minimum Gasteiger partial charge on any atom is -0.478 e. The number of benzene rings is 1. The van der Waals surface area contributed by atoms with Crippen LogP contribution in [0.25, 0.3) is 6.08 Å². The lowest BCUT2D eigenvalue weighted by molar-refractivity contribution is -0.131. The van der Waals surface area contributed by atoms with Crippen LogP contribution in [0.3, 0.4) is 0 Å². The van der Waals surface area contributed by atoms with Crippen molar-refractivity contribution in [3.8, 4) is 0 Å². The van der Waals surface area contributed by atoms with E-state index in [0.717, 1.165) is 17.7 Å². The summed E-state index contributed by atoms with van der Waals surface area (Å²) in [4.78, 5) is 20.9. The third-order valence-corrected chi connectivity index (χ3v) is 3.49. The van der Waals surface area contributed by atoms with Crippen LogP contribution in [0.15, 0.2) is 49.1 Å². The van der Waals surface area contributed by atoms with E-state index in [1.807, 2.05) is 30.3 Å². The maximum Gasteiger partial charge on any atom is 0.328 e. The average molecular weight is 355 g/mol. The maximum atomic E-state index is 10.8. The Hall–Kier alpha value is -2.45. The van der Waals surface area contributed by atoms with Crippen molar-refractivity contribution >= 4 is 28.1 Å². The molecule has 0 heterocycles. The molecule has 0 aliphatic carbocycles. The van der Waals surface area contributed by atoms with Crippen molar-refractivity contribution in [2.75, 3.05) is 5.75 Å². The van der Waals surface area contributed by atoms with Gasteiger partial charge in [-0.15, -0.1) is 0 Å². The molecule has 8 heteroatoms. The number of carboxylic acid groups (broad SMARTS) is 1. The van der Waals surface area contributed by atoms with Crippen molar-refractivity contribution in [1.82, 2.24) is 5.32 Å². The van der Waals surface area contributed by atoms with E-state index in [0.29, 0.717) is 0 Å². The number of carbonyl (C=O) groups excluding carboxylic acids is 1. The molecule has 1 aromatic rings. The van der Waals surface area contributed by atoms with Crippen molar-refractivity contribution in [2.24, 2.45) is 0 Å². The van der Waals surface area contributed by atoms with Gasteiger partial charge >= 0.3 is 5.97 Å². The molecular formula is C16H21NO6S. The van der Waals surface area contributed by atoms with Crippen molar-refractivity contribution in [2.45, 2.75) is 19.4 Å². The van der Waals surface area contributed by atoms with Crippen LogP contribution in [0.2, 0.25) is 0 Å². The van der Waals surface area contributed by atoms with Gasteiger partial charge in [-0.2, -0.15) is 8.42 Å². The predicted octanol–water partition coefficient (Wildman–Crippen LogP) is 1.74. The first-order chi connectivity index (χ1) is 10.9. The molecule has 0 aliphatic rings. The lowest BCUT2D eigenvalue weighted by Crippen LogP contribution is -2.47. The predicted molar refractivity (Wildman–Crippen MR) is 91.9 cm³/mol. The number of hydrogen-bond acceptors (Lipinski definition) is 4. The standard InChI is InChI=1S/C9H8O2.C7H13NO4S/c10-9(11)7-6-8-4-2-1-3-5-8;1-4-6(9)8-7(2,3)5-13(10,11)12/h1-7H,(H,10,11);4H,1,5H2,2-3H3,(H,8,9)(H,10,11,12). The molecule has 0 atom stereocenters. The molecule has 7 nitrogen and oxygen atoms in total. The molecule has 3 N–H and O–H groups in total. The molecule has 0 saturated heterocycles. The fourth-order valence-corrected chi connectivity index (χ4v) is 2.59. The Kier molecular flexibility index (Phi) is 8.65. The van der Waals surface area contributed by atoms with Gasteiger partial charge in [0.2, 0.25) is 5.91 Å².